The van der Waals surface area contributed by atoms with Gasteiger partial charge in [0.25, 0.3) is 0 Å². The average molecular weight is 180 g/mol. The summed E-state index contributed by atoms with van der Waals surface area (Å²) in [5, 5.41) is 10.9. The molecule has 0 bridgehead atoms. The van der Waals surface area contributed by atoms with Crippen molar-refractivity contribution in [2.75, 3.05) is 13.1 Å². The number of rotatable bonds is 4. The van der Waals surface area contributed by atoms with E-state index in [1.807, 2.05) is 23.1 Å². The molecule has 1 saturated heterocycles. The third-order valence-corrected chi connectivity index (χ3v) is 2.32. The summed E-state index contributed by atoms with van der Waals surface area (Å²) in [6, 6.07) is 3.11. The molecule has 1 aromatic rings. The van der Waals surface area contributed by atoms with Crippen LogP contribution in [0.3, 0.4) is 0 Å². The topological polar surface area (TPSA) is 41.9 Å². The van der Waals surface area contributed by atoms with Gasteiger partial charge in [-0.15, -0.1) is 0 Å². The zero-order chi connectivity index (χ0) is 9.10. The third kappa shape index (κ3) is 2.29. The predicted octanol–water partition coefficient (Wildman–Crippen LogP) is -0.167. The number of hydrogen-bond acceptors (Lipinski definition) is 3. The van der Waals surface area contributed by atoms with Gasteiger partial charge < -0.3 is 10.6 Å². The van der Waals surface area contributed by atoms with Gasteiger partial charge in [0.05, 0.1) is 6.54 Å². The Labute approximate surface area is 78.3 Å². The van der Waals surface area contributed by atoms with Gasteiger partial charge >= 0.3 is 0 Å². The minimum absolute atomic E-state index is 0.493. The second-order valence-corrected chi connectivity index (χ2v) is 3.65. The molecule has 0 aromatic carbocycles. The van der Waals surface area contributed by atoms with E-state index < -0.39 is 0 Å². The molecule has 4 heteroatoms. The smallest absolute Gasteiger partial charge is 0.0560 e. The summed E-state index contributed by atoms with van der Waals surface area (Å²) in [4.78, 5) is 0. The van der Waals surface area contributed by atoms with Crippen LogP contribution in [0.4, 0.5) is 0 Å². The SMILES string of the molecule is CC(Cn1cccn1)NC1CNC1. The average Bonchev–Trinajstić information content (AvgIpc) is 2.49. The fourth-order valence-corrected chi connectivity index (χ4v) is 1.55. The second kappa shape index (κ2) is 3.89. The van der Waals surface area contributed by atoms with E-state index in [9.17, 15) is 0 Å². The molecule has 13 heavy (non-hydrogen) atoms. The fraction of sp³-hybridized carbons (Fsp3) is 0.667. The first-order valence-corrected chi connectivity index (χ1v) is 4.79. The van der Waals surface area contributed by atoms with Crippen molar-refractivity contribution in [2.24, 2.45) is 0 Å². The van der Waals surface area contributed by atoms with Gasteiger partial charge in [0, 0.05) is 37.6 Å². The number of aromatic nitrogens is 2. The Hall–Kier alpha value is -0.870. The zero-order valence-corrected chi connectivity index (χ0v) is 7.90. The molecule has 0 amide bonds. The second-order valence-electron chi connectivity index (χ2n) is 3.65. The summed E-state index contributed by atoms with van der Waals surface area (Å²) >= 11 is 0. The molecule has 0 aliphatic carbocycles. The van der Waals surface area contributed by atoms with Gasteiger partial charge in [-0.3, -0.25) is 4.68 Å². The Kier molecular flexibility index (Phi) is 2.61. The summed E-state index contributed by atoms with van der Waals surface area (Å²) in [6.07, 6.45) is 3.81. The molecule has 72 valence electrons. The molecule has 1 atom stereocenters. The number of nitrogens with zero attached hydrogens (tertiary/aromatic N) is 2. The molecule has 2 rings (SSSR count). The highest BCUT2D eigenvalue weighted by molar-refractivity contribution is 4.84. The van der Waals surface area contributed by atoms with Crippen LogP contribution in [0.5, 0.6) is 0 Å². The molecule has 0 saturated carbocycles. The van der Waals surface area contributed by atoms with Crippen molar-refractivity contribution >= 4 is 0 Å². The number of hydrogen-bond donors (Lipinski definition) is 2. The minimum atomic E-state index is 0.493. The molecule has 0 radical (unpaired) electrons. The third-order valence-electron chi connectivity index (χ3n) is 2.32. The van der Waals surface area contributed by atoms with Crippen LogP contribution in [0, 0.1) is 0 Å². The van der Waals surface area contributed by atoms with E-state index in [2.05, 4.69) is 22.7 Å². The Morgan fingerprint density at radius 1 is 1.69 bits per heavy atom. The fourth-order valence-electron chi connectivity index (χ4n) is 1.55. The Morgan fingerprint density at radius 2 is 2.54 bits per heavy atom. The highest BCUT2D eigenvalue weighted by Crippen LogP contribution is 1.96. The quantitative estimate of drug-likeness (QED) is 0.676. The lowest BCUT2D eigenvalue weighted by Crippen LogP contribution is -2.58. The standard InChI is InChI=1S/C9H16N4/c1-8(12-9-5-10-6-9)7-13-4-2-3-11-13/h2-4,8-10,12H,5-7H2,1H3. The van der Waals surface area contributed by atoms with E-state index in [4.69, 9.17) is 0 Å². The van der Waals surface area contributed by atoms with Crippen molar-refractivity contribution in [3.05, 3.63) is 18.5 Å². The van der Waals surface area contributed by atoms with Gasteiger partial charge in [0.15, 0.2) is 0 Å². The summed E-state index contributed by atoms with van der Waals surface area (Å²) in [7, 11) is 0. The van der Waals surface area contributed by atoms with E-state index in [0.29, 0.717) is 12.1 Å². The molecular formula is C9H16N4. The first-order valence-electron chi connectivity index (χ1n) is 4.79. The van der Waals surface area contributed by atoms with Crippen molar-refractivity contribution in [2.45, 2.75) is 25.6 Å². The van der Waals surface area contributed by atoms with Crippen LogP contribution in [0.2, 0.25) is 0 Å². The van der Waals surface area contributed by atoms with Crippen LogP contribution in [0.1, 0.15) is 6.92 Å². The summed E-state index contributed by atoms with van der Waals surface area (Å²) in [5.74, 6) is 0. The largest absolute Gasteiger partial charge is 0.314 e. The van der Waals surface area contributed by atoms with E-state index in [0.717, 1.165) is 19.6 Å². The number of nitrogens with one attached hydrogen (secondary N) is 2. The zero-order valence-electron chi connectivity index (χ0n) is 7.90. The molecule has 0 spiro atoms. The van der Waals surface area contributed by atoms with Gasteiger partial charge in [-0.1, -0.05) is 0 Å². The maximum atomic E-state index is 4.17. The molecule has 1 aromatic heterocycles. The van der Waals surface area contributed by atoms with Crippen LogP contribution in [0.25, 0.3) is 0 Å². The Balaban J connectivity index is 1.74. The maximum Gasteiger partial charge on any atom is 0.0560 e. The van der Waals surface area contributed by atoms with Gasteiger partial charge in [-0.25, -0.2) is 0 Å². The normalized spacial score (nSPS) is 19.8. The summed E-state index contributed by atoms with van der Waals surface area (Å²) in [5.41, 5.74) is 0. The van der Waals surface area contributed by atoms with Crippen molar-refractivity contribution in [1.29, 1.82) is 0 Å². The molecule has 4 nitrogen and oxygen atoms in total. The molecular weight excluding hydrogens is 164 g/mol. The van der Waals surface area contributed by atoms with Gasteiger partial charge in [-0.2, -0.15) is 5.10 Å². The van der Waals surface area contributed by atoms with Crippen LogP contribution in [0.15, 0.2) is 18.5 Å². The highest BCUT2D eigenvalue weighted by atomic mass is 15.3. The Morgan fingerprint density at radius 3 is 3.08 bits per heavy atom. The molecule has 2 heterocycles. The van der Waals surface area contributed by atoms with Crippen molar-refractivity contribution < 1.29 is 0 Å². The maximum absolute atomic E-state index is 4.17. The van der Waals surface area contributed by atoms with E-state index >= 15 is 0 Å². The molecule has 1 aliphatic heterocycles. The van der Waals surface area contributed by atoms with E-state index in [1.54, 1.807) is 0 Å². The van der Waals surface area contributed by atoms with Crippen LogP contribution >= 0.6 is 0 Å². The molecule has 1 aliphatic rings. The highest BCUT2D eigenvalue weighted by Gasteiger charge is 2.18. The summed E-state index contributed by atoms with van der Waals surface area (Å²) < 4.78 is 1.96. The summed E-state index contributed by atoms with van der Waals surface area (Å²) in [6.45, 7) is 5.34. The van der Waals surface area contributed by atoms with E-state index in [1.165, 1.54) is 0 Å². The predicted molar refractivity (Wildman–Crippen MR) is 51.5 cm³/mol. The lowest BCUT2D eigenvalue weighted by atomic mass is 10.1. The van der Waals surface area contributed by atoms with Crippen LogP contribution < -0.4 is 10.6 Å². The molecule has 1 fully saturated rings. The van der Waals surface area contributed by atoms with E-state index in [-0.39, 0.29) is 0 Å². The van der Waals surface area contributed by atoms with Crippen LogP contribution in [-0.4, -0.2) is 35.0 Å². The monoisotopic (exact) mass is 180 g/mol. The van der Waals surface area contributed by atoms with Gasteiger partial charge in [0.1, 0.15) is 0 Å². The van der Waals surface area contributed by atoms with Gasteiger partial charge in [0.2, 0.25) is 0 Å². The lowest BCUT2D eigenvalue weighted by Gasteiger charge is -2.31. The van der Waals surface area contributed by atoms with Crippen LogP contribution in [-0.2, 0) is 6.54 Å². The van der Waals surface area contributed by atoms with Crippen molar-refractivity contribution in [3.8, 4) is 0 Å². The van der Waals surface area contributed by atoms with Crippen molar-refractivity contribution in [1.82, 2.24) is 20.4 Å². The first kappa shape index (κ1) is 8.72. The minimum Gasteiger partial charge on any atom is -0.314 e. The first-order chi connectivity index (χ1) is 6.34. The van der Waals surface area contributed by atoms with Gasteiger partial charge in [-0.05, 0) is 13.0 Å². The molecule has 2 N–H and O–H groups in total. The lowest BCUT2D eigenvalue weighted by molar-refractivity contribution is 0.315. The van der Waals surface area contributed by atoms with Crippen molar-refractivity contribution in [3.63, 3.8) is 0 Å². The molecule has 1 unspecified atom stereocenters. The Bertz CT molecular complexity index is 240.